The molecule has 1 fully saturated rings. The number of thiol groups is 2. The molecule has 0 spiro atoms. The third-order valence-corrected chi connectivity index (χ3v) is 5.00. The minimum absolute atomic E-state index is 0.0123. The Hall–Kier alpha value is -1.99. The summed E-state index contributed by atoms with van der Waals surface area (Å²) < 4.78 is 0. The molecular weight excluding hydrogens is 424 g/mol. The van der Waals surface area contributed by atoms with Crippen molar-refractivity contribution >= 4 is 54.9 Å². The summed E-state index contributed by atoms with van der Waals surface area (Å²) in [5, 5.41) is 28.0. The van der Waals surface area contributed by atoms with Gasteiger partial charge in [0.05, 0.1) is 6.04 Å². The van der Waals surface area contributed by atoms with Crippen molar-refractivity contribution in [1.29, 1.82) is 0 Å². The Labute approximate surface area is 178 Å². The van der Waals surface area contributed by atoms with Crippen molar-refractivity contribution in [3.8, 4) is 0 Å². The lowest BCUT2D eigenvalue weighted by atomic mass is 10.1. The van der Waals surface area contributed by atoms with Crippen LogP contribution in [-0.2, 0) is 24.0 Å². The molecule has 6 N–H and O–H groups in total. The molecule has 0 radical (unpaired) electrons. The van der Waals surface area contributed by atoms with E-state index in [1.165, 1.54) is 0 Å². The van der Waals surface area contributed by atoms with Crippen molar-refractivity contribution in [1.82, 2.24) is 21.3 Å². The lowest BCUT2D eigenvalue weighted by molar-refractivity contribution is -0.143. The van der Waals surface area contributed by atoms with Crippen molar-refractivity contribution in [2.45, 2.75) is 49.9 Å². The fourth-order valence-electron chi connectivity index (χ4n) is 2.64. The van der Waals surface area contributed by atoms with Gasteiger partial charge in [0, 0.05) is 17.9 Å². The van der Waals surface area contributed by atoms with E-state index in [9.17, 15) is 24.0 Å². The number of carboxylic acid groups (broad SMARTS) is 2. The number of carbonyl (C=O) groups excluding carboxylic acids is 3. The molecule has 29 heavy (non-hydrogen) atoms. The predicted molar refractivity (Wildman–Crippen MR) is 109 cm³/mol. The Kier molecular flexibility index (Phi) is 10.8. The second-order valence-corrected chi connectivity index (χ2v) is 7.20. The predicted octanol–water partition coefficient (Wildman–Crippen LogP) is -2.00. The molecule has 0 bridgehead atoms. The van der Waals surface area contributed by atoms with Gasteiger partial charge >= 0.3 is 11.9 Å². The normalized spacial score (nSPS) is 18.9. The summed E-state index contributed by atoms with van der Waals surface area (Å²) in [4.78, 5) is 58.7. The van der Waals surface area contributed by atoms with Crippen LogP contribution >= 0.6 is 25.3 Å². The Morgan fingerprint density at radius 2 is 1.48 bits per heavy atom. The van der Waals surface area contributed by atoms with Crippen LogP contribution in [0.2, 0.25) is 0 Å². The summed E-state index contributed by atoms with van der Waals surface area (Å²) >= 11 is 8.05. The van der Waals surface area contributed by atoms with E-state index in [1.807, 2.05) is 0 Å². The van der Waals surface area contributed by atoms with Crippen LogP contribution < -0.4 is 21.3 Å². The summed E-state index contributed by atoms with van der Waals surface area (Å²) in [7, 11) is 0. The standard InChI is InChI=1S/C16H26N4O7S2/c21-12(22)4-3-9(16(26)27)18-14(24)10(6-28)20-15(25)11(7-29)19-13(23)8-2-1-5-17-8/h8-11,17,28-29H,1-7H2,(H,18,24)(H,19,23)(H,20,25)(H,21,22)(H,26,27). The minimum Gasteiger partial charge on any atom is -0.481 e. The minimum atomic E-state index is -1.42. The van der Waals surface area contributed by atoms with Gasteiger partial charge in [-0.1, -0.05) is 0 Å². The summed E-state index contributed by atoms with van der Waals surface area (Å²) in [6, 6.07) is -3.99. The van der Waals surface area contributed by atoms with E-state index in [-0.39, 0.29) is 29.9 Å². The van der Waals surface area contributed by atoms with Crippen LogP contribution in [-0.4, -0.2) is 82.1 Å². The van der Waals surface area contributed by atoms with E-state index in [0.717, 1.165) is 6.42 Å². The molecule has 4 atom stereocenters. The average molecular weight is 451 g/mol. The number of aliphatic carboxylic acids is 2. The van der Waals surface area contributed by atoms with E-state index >= 15 is 0 Å². The molecule has 0 aliphatic carbocycles. The molecule has 11 nitrogen and oxygen atoms in total. The number of hydrogen-bond donors (Lipinski definition) is 8. The third-order valence-electron chi connectivity index (χ3n) is 4.27. The van der Waals surface area contributed by atoms with Crippen molar-refractivity contribution < 1.29 is 34.2 Å². The van der Waals surface area contributed by atoms with Gasteiger partial charge in [0.2, 0.25) is 17.7 Å². The van der Waals surface area contributed by atoms with E-state index < -0.39 is 48.3 Å². The first-order valence-corrected chi connectivity index (χ1v) is 10.3. The first-order chi connectivity index (χ1) is 13.7. The van der Waals surface area contributed by atoms with Crippen molar-refractivity contribution in [2.75, 3.05) is 18.1 Å². The lowest BCUT2D eigenvalue weighted by Crippen LogP contribution is -2.58. The van der Waals surface area contributed by atoms with Crippen LogP contribution in [0.25, 0.3) is 0 Å². The molecule has 3 amide bonds. The zero-order valence-electron chi connectivity index (χ0n) is 15.6. The van der Waals surface area contributed by atoms with Gasteiger partial charge in [0.15, 0.2) is 0 Å². The highest BCUT2D eigenvalue weighted by Gasteiger charge is 2.30. The molecule has 1 saturated heterocycles. The molecule has 13 heteroatoms. The largest absolute Gasteiger partial charge is 0.481 e. The fraction of sp³-hybridized carbons (Fsp3) is 0.688. The molecule has 0 aromatic carbocycles. The summed E-state index contributed by atoms with van der Waals surface area (Å²) in [5.74, 6) is -4.59. The molecule has 0 aromatic heterocycles. The van der Waals surface area contributed by atoms with Gasteiger partial charge in [-0.05, 0) is 25.8 Å². The lowest BCUT2D eigenvalue weighted by Gasteiger charge is -2.23. The SMILES string of the molecule is O=C(O)CCC(NC(=O)C(CS)NC(=O)C(CS)NC(=O)C1CCCN1)C(=O)O. The first kappa shape index (κ1) is 25.0. The number of carbonyl (C=O) groups is 5. The third kappa shape index (κ3) is 8.50. The van der Waals surface area contributed by atoms with E-state index in [4.69, 9.17) is 10.2 Å². The van der Waals surface area contributed by atoms with Gasteiger partial charge in [0.25, 0.3) is 0 Å². The quantitative estimate of drug-likeness (QED) is 0.158. The van der Waals surface area contributed by atoms with Crippen molar-refractivity contribution in [3.63, 3.8) is 0 Å². The van der Waals surface area contributed by atoms with Crippen LogP contribution in [0.5, 0.6) is 0 Å². The van der Waals surface area contributed by atoms with Gasteiger partial charge in [-0.15, -0.1) is 0 Å². The molecule has 0 saturated carbocycles. The maximum Gasteiger partial charge on any atom is 0.326 e. The number of nitrogens with one attached hydrogen (secondary N) is 4. The van der Waals surface area contributed by atoms with E-state index in [0.29, 0.717) is 13.0 Å². The molecule has 4 unspecified atom stereocenters. The van der Waals surface area contributed by atoms with Gasteiger partial charge in [0.1, 0.15) is 18.1 Å². The van der Waals surface area contributed by atoms with Crippen molar-refractivity contribution in [2.24, 2.45) is 0 Å². The average Bonchev–Trinajstić information content (AvgIpc) is 3.21. The molecule has 1 rings (SSSR count). The van der Waals surface area contributed by atoms with Gasteiger partial charge in [-0.3, -0.25) is 19.2 Å². The van der Waals surface area contributed by atoms with Crippen LogP contribution in [0.15, 0.2) is 0 Å². The zero-order chi connectivity index (χ0) is 22.0. The Morgan fingerprint density at radius 1 is 0.931 bits per heavy atom. The maximum absolute atomic E-state index is 12.4. The second kappa shape index (κ2) is 12.5. The van der Waals surface area contributed by atoms with Gasteiger partial charge in [-0.25, -0.2) is 4.79 Å². The van der Waals surface area contributed by atoms with Gasteiger partial charge < -0.3 is 31.5 Å². The first-order valence-electron chi connectivity index (χ1n) is 9.00. The van der Waals surface area contributed by atoms with E-state index in [2.05, 4.69) is 46.5 Å². The summed E-state index contributed by atoms with van der Waals surface area (Å²) in [6.45, 7) is 0.713. The Morgan fingerprint density at radius 3 is 1.93 bits per heavy atom. The fourth-order valence-corrected chi connectivity index (χ4v) is 3.15. The Bertz CT molecular complexity index is 628. The number of amides is 3. The monoisotopic (exact) mass is 450 g/mol. The zero-order valence-corrected chi connectivity index (χ0v) is 17.4. The van der Waals surface area contributed by atoms with Gasteiger partial charge in [-0.2, -0.15) is 25.3 Å². The smallest absolute Gasteiger partial charge is 0.326 e. The second-order valence-electron chi connectivity index (χ2n) is 6.47. The highest BCUT2D eigenvalue weighted by molar-refractivity contribution is 7.80. The maximum atomic E-state index is 12.4. The molecule has 0 aromatic rings. The van der Waals surface area contributed by atoms with Crippen LogP contribution in [0.4, 0.5) is 0 Å². The van der Waals surface area contributed by atoms with Crippen molar-refractivity contribution in [3.05, 3.63) is 0 Å². The summed E-state index contributed by atoms with van der Waals surface area (Å²) in [6.07, 6.45) is 0.747. The molecule has 1 aliphatic heterocycles. The Balaban J connectivity index is 2.66. The number of carboxylic acids is 2. The number of hydrogen-bond acceptors (Lipinski definition) is 8. The topological polar surface area (TPSA) is 174 Å². The van der Waals surface area contributed by atoms with Crippen LogP contribution in [0, 0.1) is 0 Å². The van der Waals surface area contributed by atoms with Crippen LogP contribution in [0.1, 0.15) is 25.7 Å². The summed E-state index contributed by atoms with van der Waals surface area (Å²) in [5.41, 5.74) is 0. The molecule has 1 heterocycles. The molecule has 1 aliphatic rings. The molecular formula is C16H26N4O7S2. The highest BCUT2D eigenvalue weighted by Crippen LogP contribution is 2.06. The van der Waals surface area contributed by atoms with Crippen LogP contribution in [0.3, 0.4) is 0 Å². The van der Waals surface area contributed by atoms with E-state index in [1.54, 1.807) is 0 Å². The highest BCUT2D eigenvalue weighted by atomic mass is 32.1. The molecule has 164 valence electrons. The number of rotatable bonds is 12.